The Bertz CT molecular complexity index is 4080. The van der Waals surface area contributed by atoms with Gasteiger partial charge in [0, 0.05) is 60.8 Å². The number of ketones is 1. The number of phenols is 1. The average molecular weight is 1780 g/mol. The molecule has 2 aromatic carbocycles. The zero-order chi connectivity index (χ0) is 90.9. The van der Waals surface area contributed by atoms with Crippen molar-refractivity contribution < 1.29 is 136 Å². The maximum absolute atomic E-state index is 15.1. The Labute approximate surface area is 715 Å². The molecule has 1 aliphatic heterocycles. The fourth-order valence-corrected chi connectivity index (χ4v) is 15.5. The van der Waals surface area contributed by atoms with Gasteiger partial charge in [0.15, 0.2) is 11.9 Å². The van der Waals surface area contributed by atoms with Crippen LogP contribution in [0.3, 0.4) is 0 Å². The third-order valence-electron chi connectivity index (χ3n) is 19.5. The molecule has 18 N–H and O–H groups in total. The summed E-state index contributed by atoms with van der Waals surface area (Å²) in [6.45, 7) is 12.2. The van der Waals surface area contributed by atoms with Gasteiger partial charge in [0.1, 0.15) is 59.9 Å². The van der Waals surface area contributed by atoms with E-state index in [-0.39, 0.29) is 122 Å². The number of piperidine rings is 1. The highest BCUT2D eigenvalue weighted by molar-refractivity contribution is 8.76. The molecule has 0 aliphatic carbocycles. The number of likely N-dealkylation sites (N-methyl/N-ethyl adjacent to an activating group) is 1. The molecule has 0 bridgehead atoms. The van der Waals surface area contributed by atoms with E-state index in [4.69, 9.17) is 19.3 Å². The number of ether oxygens (including phenoxy) is 3. The van der Waals surface area contributed by atoms with Gasteiger partial charge in [0.25, 0.3) is 5.91 Å². The first-order valence-corrected chi connectivity index (χ1v) is 42.9. The first kappa shape index (κ1) is 103. The number of amides is 11. The fraction of sp³-hybridized carbons (Fsp3) is 0.577. The van der Waals surface area contributed by atoms with E-state index in [2.05, 4.69) is 58.4 Å². The highest BCUT2D eigenvalue weighted by atomic mass is 33.1. The second-order valence-corrected chi connectivity index (χ2v) is 33.0. The number of anilines is 1. The first-order valence-electron chi connectivity index (χ1n) is 39.5. The van der Waals surface area contributed by atoms with Crippen molar-refractivity contribution in [3.8, 4) is 5.75 Å². The van der Waals surface area contributed by atoms with Crippen molar-refractivity contribution in [3.05, 3.63) is 75.7 Å². The van der Waals surface area contributed by atoms with E-state index in [0.717, 1.165) is 52.3 Å². The number of urea groups is 2. The topological polar surface area (TPSA) is 625 Å². The van der Waals surface area contributed by atoms with E-state index in [1.807, 2.05) is 51.9 Å². The lowest BCUT2D eigenvalue weighted by Crippen LogP contribution is -2.57. The van der Waals surface area contributed by atoms with Crippen LogP contribution in [-0.2, 0) is 94.2 Å². The van der Waals surface area contributed by atoms with Crippen molar-refractivity contribution >= 4 is 146 Å². The Kier molecular flexibility index (Phi) is 45.0. The number of aromatic nitrogens is 1. The zero-order valence-electron chi connectivity index (χ0n) is 68.9. The summed E-state index contributed by atoms with van der Waals surface area (Å²) >= 11 is 1.02. The van der Waals surface area contributed by atoms with Gasteiger partial charge in [-0.25, -0.2) is 39.2 Å². The molecule has 122 heavy (non-hydrogen) atoms. The third kappa shape index (κ3) is 38.1. The van der Waals surface area contributed by atoms with Crippen molar-refractivity contribution in [1.29, 1.82) is 0 Å². The molecule has 13 atom stereocenters. The molecule has 1 saturated heterocycles. The molecule has 11 amide bonds. The molecule has 2 heterocycles. The SMILES string of the molecule is CCCC(=O)OCC(C(=O)[C@@H](NC(=O)[C@H]1CCCCN1C)C(C)CC)[C@H](C[C@@H](OC(C)=O)c1nc(C(=O)N[C@@H](Cc2ccc(O)cc2)C[C@H](C)C(=O)NNC(=O)OCCSSC[C@H](NC(=O)[C@H](CC(=O)O)NC(=O)[C@H](CC(=O)O)NC(=O)Cc2ccc(NC(=O)NCCCC[C@H](NC(=O)N[C@@H](CCC(=O)O)C(=O)O)C(=O)O)cc2)C(=O)O)cs1)C(C)C. The third-order valence-corrected chi connectivity index (χ3v) is 22.8. The molecule has 0 saturated carbocycles. The molecule has 3 aromatic rings. The average Bonchev–Trinajstić information content (AvgIpc) is 1.47. The molecule has 674 valence electrons. The summed E-state index contributed by atoms with van der Waals surface area (Å²) in [5, 5.41) is 90.2. The van der Waals surface area contributed by atoms with E-state index in [1.54, 1.807) is 12.1 Å². The largest absolute Gasteiger partial charge is 0.508 e. The second-order valence-electron chi connectivity index (χ2n) is 29.5. The number of esters is 2. The number of likely N-dealkylation sites (tertiary alicyclic amines) is 1. The minimum absolute atomic E-state index is 0.000284. The predicted molar refractivity (Wildman–Crippen MR) is 440 cm³/mol. The van der Waals surface area contributed by atoms with Crippen LogP contribution in [0.25, 0.3) is 0 Å². The summed E-state index contributed by atoms with van der Waals surface area (Å²) in [6.07, 6.45) is -2.08. The number of nitrogens with one attached hydrogen (secondary N) is 11. The maximum Gasteiger partial charge on any atom is 0.426 e. The van der Waals surface area contributed by atoms with Crippen molar-refractivity contribution in [2.24, 2.45) is 29.6 Å². The van der Waals surface area contributed by atoms with Crippen LogP contribution < -0.4 is 58.7 Å². The molecule has 0 radical (unpaired) electrons. The molecule has 1 fully saturated rings. The fourth-order valence-electron chi connectivity index (χ4n) is 12.7. The van der Waals surface area contributed by atoms with Gasteiger partial charge in [-0.15, -0.1) is 11.3 Å². The minimum atomic E-state index is -2.01. The lowest BCUT2D eigenvalue weighted by atomic mass is 9.74. The molecule has 44 heteroatoms. The lowest BCUT2D eigenvalue weighted by molar-refractivity contribution is -0.151. The van der Waals surface area contributed by atoms with Gasteiger partial charge < -0.3 is 97.8 Å². The van der Waals surface area contributed by atoms with Crippen molar-refractivity contribution in [1.82, 2.24) is 63.3 Å². The normalized spacial score (nSPS) is 15.5. The van der Waals surface area contributed by atoms with Crippen LogP contribution in [-0.4, -0.2) is 246 Å². The summed E-state index contributed by atoms with van der Waals surface area (Å²) in [5.41, 5.74) is 5.45. The molecule has 1 aromatic heterocycles. The molecule has 41 nitrogen and oxygen atoms in total. The second kappa shape index (κ2) is 53.4. The number of thiazole rings is 1. The highest BCUT2D eigenvalue weighted by Gasteiger charge is 2.42. The number of hydrogen-bond donors (Lipinski definition) is 18. The Morgan fingerprint density at radius 3 is 1.84 bits per heavy atom. The number of carboxylic acid groups (broad SMARTS) is 6. The number of carbonyl (C=O) groups excluding carboxylic acids is 12. The summed E-state index contributed by atoms with van der Waals surface area (Å²) < 4.78 is 16.8. The Hall–Kier alpha value is -11.4. The Balaban J connectivity index is 1.30. The standard InChI is InChI=1S/C78H111N13O28S3/c1-9-15-64(101)118-38-51(66(102)65(42(5)10-2)88-71(107)58-17-12-14-29-91(58)8)50(41(3)4)35-59(119-44(7)92)72-85-56(39-120-72)70(106)80-48(33-45-20-24-49(93)25-21-45)32-43(6)67(103)89-90-78(116)117-30-31-121-122-40-57(75(112)113)84-69(105)55(37-63(99)100)83-68(104)54(36-62(97)98)82-60(94)34-46-18-22-47(23-19-46)81-76(114)79-28-13-11-16-52(73(108)109)86-77(115)87-53(74(110)111)26-27-61(95)96/h18-25,39,41-43,48,50-55,57-59,65,93H,9-17,26-38,40H2,1-8H3,(H,80,106)(H,82,94)(H,83,104)(H,84,105)(H,88,107)(H,89,103)(H,90,116)(H,95,96)(H,97,98)(H,99,100)(H,108,109)(H,110,111)(H,112,113)(H2,79,81,114)(H2,86,87,115)/t42?,43-,48+,50+,51?,52-,53-,54-,55-,57-,58+,59+,65-/m0/s1. The van der Waals surface area contributed by atoms with E-state index in [0.29, 0.717) is 24.8 Å². The number of carbonyl (C=O) groups is 18. The number of aliphatic carboxylic acids is 6. The Morgan fingerprint density at radius 1 is 0.639 bits per heavy atom. The number of hydrogen-bond acceptors (Lipinski definition) is 27. The van der Waals surface area contributed by atoms with Crippen LogP contribution in [0.2, 0.25) is 0 Å². The van der Waals surface area contributed by atoms with Gasteiger partial charge >= 0.3 is 65.9 Å². The van der Waals surface area contributed by atoms with Crippen LogP contribution in [0.4, 0.5) is 20.1 Å². The molecular formula is C78H111N13O28S3. The molecular weight excluding hydrogens is 1660 g/mol. The van der Waals surface area contributed by atoms with Crippen LogP contribution >= 0.6 is 32.9 Å². The number of Topliss-reactive ketones (excluding diaryl/α,β-unsaturated/α-hetero) is 1. The van der Waals surface area contributed by atoms with Gasteiger partial charge in [-0.3, -0.25) is 67.9 Å². The zero-order valence-corrected chi connectivity index (χ0v) is 71.3. The number of phenolic OH excluding ortho intramolecular Hbond substituents is 1. The minimum Gasteiger partial charge on any atom is -0.508 e. The number of aromatic hydroxyl groups is 1. The van der Waals surface area contributed by atoms with E-state index >= 15 is 4.79 Å². The quantitative estimate of drug-likeness (QED) is 0.0123. The van der Waals surface area contributed by atoms with E-state index in [9.17, 15) is 112 Å². The number of nitrogens with zero attached hydrogens (tertiary/aromatic N) is 2. The molecule has 4 rings (SSSR count). The summed E-state index contributed by atoms with van der Waals surface area (Å²) in [4.78, 5) is 237. The van der Waals surface area contributed by atoms with Gasteiger partial charge in [-0.2, -0.15) is 0 Å². The van der Waals surface area contributed by atoms with Gasteiger partial charge in [0.2, 0.25) is 29.5 Å². The smallest absolute Gasteiger partial charge is 0.426 e. The Morgan fingerprint density at radius 2 is 1.25 bits per heavy atom. The van der Waals surface area contributed by atoms with E-state index < -0.39 is 205 Å². The van der Waals surface area contributed by atoms with Gasteiger partial charge in [-0.05, 0) is 131 Å². The number of rotatable bonds is 54. The van der Waals surface area contributed by atoms with Crippen LogP contribution in [0.1, 0.15) is 178 Å². The molecule has 0 spiro atoms. The number of unbranched alkanes of at least 4 members (excludes halogenated alkanes) is 1. The van der Waals surface area contributed by atoms with Gasteiger partial charge in [-0.1, -0.05) is 100 Å². The van der Waals surface area contributed by atoms with Crippen molar-refractivity contribution in [2.75, 3.05) is 50.2 Å². The summed E-state index contributed by atoms with van der Waals surface area (Å²) in [7, 11) is 3.70. The lowest BCUT2D eigenvalue weighted by Gasteiger charge is -2.36. The van der Waals surface area contributed by atoms with E-state index in [1.165, 1.54) is 55.6 Å². The summed E-state index contributed by atoms with van der Waals surface area (Å²) in [6, 6.07) is -1.10. The highest BCUT2D eigenvalue weighted by Crippen LogP contribution is 2.38. The molecule has 2 unspecified atom stereocenters. The number of benzene rings is 2. The van der Waals surface area contributed by atoms with Crippen LogP contribution in [0, 0.1) is 29.6 Å². The summed E-state index contributed by atoms with van der Waals surface area (Å²) in [5.74, 6) is -19.5. The van der Waals surface area contributed by atoms with Crippen LogP contribution in [0.5, 0.6) is 5.75 Å². The monoisotopic (exact) mass is 1770 g/mol. The maximum atomic E-state index is 15.1. The van der Waals surface area contributed by atoms with Crippen molar-refractivity contribution in [3.63, 3.8) is 0 Å². The predicted octanol–water partition coefficient (Wildman–Crippen LogP) is 4.26. The van der Waals surface area contributed by atoms with Crippen LogP contribution in [0.15, 0.2) is 53.9 Å². The van der Waals surface area contributed by atoms with Crippen molar-refractivity contribution in [2.45, 2.75) is 212 Å². The van der Waals surface area contributed by atoms with Gasteiger partial charge in [0.05, 0.1) is 37.3 Å². The number of carboxylic acids is 6. The molecule has 1 aliphatic rings. The first-order chi connectivity index (χ1) is 57.7. The number of hydrazine groups is 1.